The molecule has 0 aromatic carbocycles. The largest absolute Gasteiger partial charge is 0.373 e. The topological polar surface area (TPSA) is 44.3 Å². The molecule has 0 amide bonds. The monoisotopic (exact) mass is 295 g/mol. The third-order valence-corrected chi connectivity index (χ3v) is 4.53. The normalized spacial score (nSPS) is 18.1. The molecule has 1 unspecified atom stereocenters. The van der Waals surface area contributed by atoms with E-state index in [0.29, 0.717) is 6.04 Å². The quantitative estimate of drug-likeness (QED) is 0.663. The maximum absolute atomic E-state index is 4.63. The summed E-state index contributed by atoms with van der Waals surface area (Å²) in [6.45, 7) is 8.87. The highest BCUT2D eigenvalue weighted by Crippen LogP contribution is 2.21. The summed E-state index contributed by atoms with van der Waals surface area (Å²) in [6, 6.07) is 2.72. The van der Waals surface area contributed by atoms with Gasteiger partial charge in [0.05, 0.1) is 0 Å². The molecule has 0 saturated carbocycles. The molecule has 0 radical (unpaired) electrons. The zero-order valence-corrected chi connectivity index (χ0v) is 13.7. The minimum absolute atomic E-state index is 0.678. The first-order chi connectivity index (χ1) is 9.67. The zero-order valence-electron chi connectivity index (χ0n) is 12.9. The van der Waals surface area contributed by atoms with Gasteiger partial charge in [0.25, 0.3) is 0 Å². The van der Waals surface area contributed by atoms with Crippen LogP contribution in [-0.4, -0.2) is 60.4 Å². The Hall–Kier alpha value is -1.01. The molecule has 2 rings (SSSR count). The van der Waals surface area contributed by atoms with Gasteiger partial charge >= 0.3 is 0 Å². The van der Waals surface area contributed by atoms with Crippen LogP contribution in [0.5, 0.6) is 0 Å². The Labute approximate surface area is 126 Å². The molecule has 112 valence electrons. The van der Waals surface area contributed by atoms with Crippen molar-refractivity contribution < 1.29 is 0 Å². The van der Waals surface area contributed by atoms with Gasteiger partial charge in [-0.05, 0) is 19.6 Å². The highest BCUT2D eigenvalue weighted by Gasteiger charge is 2.21. The average molecular weight is 295 g/mol. The van der Waals surface area contributed by atoms with Gasteiger partial charge in [-0.1, -0.05) is 18.7 Å². The highest BCUT2D eigenvalue weighted by atomic mass is 32.2. The molecule has 6 heteroatoms. The van der Waals surface area contributed by atoms with Gasteiger partial charge in [-0.3, -0.25) is 4.90 Å². The zero-order chi connectivity index (χ0) is 14.5. The second kappa shape index (κ2) is 7.13. The molecule has 1 aliphatic rings. The van der Waals surface area contributed by atoms with Gasteiger partial charge in [-0.15, -0.1) is 0 Å². The van der Waals surface area contributed by atoms with Gasteiger partial charge in [-0.2, -0.15) is 0 Å². The summed E-state index contributed by atoms with van der Waals surface area (Å²) in [4.78, 5) is 14.0. The van der Waals surface area contributed by atoms with Crippen molar-refractivity contribution in [1.82, 2.24) is 14.9 Å². The number of piperazine rings is 1. The molecular formula is C14H25N5S. The summed E-state index contributed by atoms with van der Waals surface area (Å²) >= 11 is 1.59. The van der Waals surface area contributed by atoms with Crippen molar-refractivity contribution in [1.29, 1.82) is 0 Å². The van der Waals surface area contributed by atoms with E-state index in [4.69, 9.17) is 0 Å². The second-order valence-corrected chi connectivity index (χ2v) is 5.90. The Balaban J connectivity index is 2.06. The molecule has 1 aliphatic heterocycles. The van der Waals surface area contributed by atoms with Crippen molar-refractivity contribution in [2.75, 3.05) is 49.7 Å². The van der Waals surface area contributed by atoms with E-state index in [-0.39, 0.29) is 0 Å². The number of aromatic nitrogens is 2. The Bertz CT molecular complexity index is 409. The Morgan fingerprint density at radius 2 is 2.00 bits per heavy atom. The summed E-state index contributed by atoms with van der Waals surface area (Å²) in [5.74, 6) is 1.93. The molecule has 1 fully saturated rings. The van der Waals surface area contributed by atoms with Crippen molar-refractivity contribution in [3.63, 3.8) is 0 Å². The van der Waals surface area contributed by atoms with Gasteiger partial charge in [0.2, 0.25) is 0 Å². The molecule has 1 aromatic rings. The predicted octanol–water partition coefficient (Wildman–Crippen LogP) is 2.16. The molecule has 5 nitrogen and oxygen atoms in total. The van der Waals surface area contributed by atoms with Gasteiger partial charge in [-0.25, -0.2) is 9.97 Å². The molecule has 0 spiro atoms. The lowest BCUT2D eigenvalue weighted by atomic mass is 10.2. The molecule has 1 atom stereocenters. The third kappa shape index (κ3) is 3.55. The van der Waals surface area contributed by atoms with Crippen LogP contribution in [0.25, 0.3) is 0 Å². The lowest BCUT2D eigenvalue weighted by Gasteiger charge is -2.38. The first kappa shape index (κ1) is 15.4. The standard InChI is InChI=1S/C14H25N5S/c1-5-11(2)18-6-8-19(9-7-18)13-10-12(15-3)16-14(17-13)20-4/h10-11H,5-9H2,1-4H3,(H,15,16,17). The van der Waals surface area contributed by atoms with Crippen molar-refractivity contribution >= 4 is 23.4 Å². The van der Waals surface area contributed by atoms with Crippen LogP contribution in [0.1, 0.15) is 20.3 Å². The van der Waals surface area contributed by atoms with Crippen LogP contribution < -0.4 is 10.2 Å². The summed E-state index contributed by atoms with van der Waals surface area (Å²) < 4.78 is 0. The fourth-order valence-electron chi connectivity index (χ4n) is 2.44. The Kier molecular flexibility index (Phi) is 5.48. The lowest BCUT2D eigenvalue weighted by molar-refractivity contribution is 0.192. The van der Waals surface area contributed by atoms with Gasteiger partial charge in [0, 0.05) is 45.3 Å². The first-order valence-corrected chi connectivity index (χ1v) is 8.50. The average Bonchev–Trinajstić information content (AvgIpc) is 2.53. The molecular weight excluding hydrogens is 270 g/mol. The maximum atomic E-state index is 4.63. The smallest absolute Gasteiger partial charge is 0.191 e. The molecule has 20 heavy (non-hydrogen) atoms. The van der Waals surface area contributed by atoms with Crippen LogP contribution in [0.3, 0.4) is 0 Å². The second-order valence-electron chi connectivity index (χ2n) is 5.13. The summed E-state index contributed by atoms with van der Waals surface area (Å²) in [5, 5.41) is 3.95. The van der Waals surface area contributed by atoms with Gasteiger partial charge in [0.1, 0.15) is 11.6 Å². The number of nitrogens with zero attached hydrogens (tertiary/aromatic N) is 4. The van der Waals surface area contributed by atoms with E-state index < -0.39 is 0 Å². The number of nitrogens with one attached hydrogen (secondary N) is 1. The summed E-state index contributed by atoms with van der Waals surface area (Å²) in [6.07, 6.45) is 3.23. The van der Waals surface area contributed by atoms with E-state index in [1.54, 1.807) is 11.8 Å². The predicted molar refractivity (Wildman–Crippen MR) is 86.9 cm³/mol. The van der Waals surface area contributed by atoms with Crippen molar-refractivity contribution in [3.8, 4) is 0 Å². The molecule has 1 saturated heterocycles. The molecule has 2 heterocycles. The molecule has 1 N–H and O–H groups in total. The first-order valence-electron chi connectivity index (χ1n) is 7.27. The van der Waals surface area contributed by atoms with Crippen molar-refractivity contribution in [3.05, 3.63) is 6.07 Å². The van der Waals surface area contributed by atoms with Crippen LogP contribution in [0.2, 0.25) is 0 Å². The Morgan fingerprint density at radius 1 is 1.30 bits per heavy atom. The van der Waals surface area contributed by atoms with E-state index in [2.05, 4.69) is 38.9 Å². The summed E-state index contributed by atoms with van der Waals surface area (Å²) in [5.41, 5.74) is 0. The minimum Gasteiger partial charge on any atom is -0.373 e. The molecule has 1 aromatic heterocycles. The maximum Gasteiger partial charge on any atom is 0.191 e. The van der Waals surface area contributed by atoms with E-state index in [1.165, 1.54) is 6.42 Å². The lowest BCUT2D eigenvalue weighted by Crippen LogP contribution is -2.49. The van der Waals surface area contributed by atoms with Crippen molar-refractivity contribution in [2.24, 2.45) is 0 Å². The Morgan fingerprint density at radius 3 is 2.55 bits per heavy atom. The number of anilines is 2. The van der Waals surface area contributed by atoms with Crippen LogP contribution >= 0.6 is 11.8 Å². The van der Waals surface area contributed by atoms with Crippen LogP contribution in [0.15, 0.2) is 11.2 Å². The minimum atomic E-state index is 0.678. The van der Waals surface area contributed by atoms with Crippen LogP contribution in [0, 0.1) is 0 Å². The highest BCUT2D eigenvalue weighted by molar-refractivity contribution is 7.98. The third-order valence-electron chi connectivity index (χ3n) is 3.98. The summed E-state index contributed by atoms with van der Waals surface area (Å²) in [7, 11) is 1.90. The van der Waals surface area contributed by atoms with E-state index in [1.807, 2.05) is 19.4 Å². The fraction of sp³-hybridized carbons (Fsp3) is 0.714. The van der Waals surface area contributed by atoms with Crippen LogP contribution in [0.4, 0.5) is 11.6 Å². The van der Waals surface area contributed by atoms with Crippen LogP contribution in [-0.2, 0) is 0 Å². The van der Waals surface area contributed by atoms with E-state index in [0.717, 1.165) is 43.0 Å². The number of hydrogen-bond acceptors (Lipinski definition) is 6. The van der Waals surface area contributed by atoms with Gasteiger partial charge < -0.3 is 10.2 Å². The van der Waals surface area contributed by atoms with Gasteiger partial charge in [0.15, 0.2) is 5.16 Å². The molecule has 0 aliphatic carbocycles. The van der Waals surface area contributed by atoms with Crippen molar-refractivity contribution in [2.45, 2.75) is 31.5 Å². The fourth-order valence-corrected chi connectivity index (χ4v) is 2.82. The van der Waals surface area contributed by atoms with E-state index >= 15 is 0 Å². The molecule has 0 bridgehead atoms. The number of hydrogen-bond donors (Lipinski definition) is 1. The number of thioether (sulfide) groups is 1. The van der Waals surface area contributed by atoms with E-state index in [9.17, 15) is 0 Å². The number of rotatable bonds is 5. The SMILES string of the molecule is CCC(C)N1CCN(c2cc(NC)nc(SC)n2)CC1.